The van der Waals surface area contributed by atoms with E-state index in [-0.39, 0.29) is 12.5 Å². The fourth-order valence-corrected chi connectivity index (χ4v) is 2.94. The SMILES string of the molecule is O=C(O)CCN1CCC[C@@H]1COc1ccc(Oc2ccccn2)cc1. The van der Waals surface area contributed by atoms with Crippen LogP contribution in [0.5, 0.6) is 17.4 Å². The summed E-state index contributed by atoms with van der Waals surface area (Å²) in [6.45, 7) is 2.10. The number of ether oxygens (including phenoxy) is 2. The molecule has 0 bridgehead atoms. The molecule has 6 heteroatoms. The standard InChI is InChI=1S/C19H22N2O4/c22-19(23)10-13-21-12-3-4-15(21)14-24-16-6-8-17(9-7-16)25-18-5-1-2-11-20-18/h1-2,5-9,11,15H,3-4,10,12-14H2,(H,22,23)/t15-/m1/s1. The summed E-state index contributed by atoms with van der Waals surface area (Å²) in [6, 6.07) is 13.2. The molecule has 1 saturated heterocycles. The Balaban J connectivity index is 1.49. The number of hydrogen-bond acceptors (Lipinski definition) is 5. The van der Waals surface area contributed by atoms with E-state index in [9.17, 15) is 4.79 Å². The molecule has 0 amide bonds. The van der Waals surface area contributed by atoms with Crippen LogP contribution in [0.4, 0.5) is 0 Å². The Morgan fingerprint density at radius 3 is 2.72 bits per heavy atom. The van der Waals surface area contributed by atoms with Crippen LogP contribution < -0.4 is 9.47 Å². The highest BCUT2D eigenvalue weighted by Gasteiger charge is 2.25. The van der Waals surface area contributed by atoms with Gasteiger partial charge in [0.25, 0.3) is 0 Å². The van der Waals surface area contributed by atoms with Crippen LogP contribution in [0.1, 0.15) is 19.3 Å². The number of likely N-dealkylation sites (tertiary alicyclic amines) is 1. The fourth-order valence-electron chi connectivity index (χ4n) is 2.94. The molecule has 1 atom stereocenters. The lowest BCUT2D eigenvalue weighted by molar-refractivity contribution is -0.137. The number of hydrogen-bond donors (Lipinski definition) is 1. The van der Waals surface area contributed by atoms with Crippen LogP contribution in [0, 0.1) is 0 Å². The molecule has 0 radical (unpaired) electrons. The molecule has 1 aliphatic heterocycles. The third kappa shape index (κ3) is 5.19. The van der Waals surface area contributed by atoms with E-state index in [1.165, 1.54) is 0 Å². The van der Waals surface area contributed by atoms with Gasteiger partial charge in [-0.05, 0) is 49.7 Å². The Kier molecular flexibility index (Phi) is 5.85. The predicted molar refractivity (Wildman–Crippen MR) is 93.1 cm³/mol. The molecule has 2 aromatic rings. The van der Waals surface area contributed by atoms with Crippen molar-refractivity contribution in [3.8, 4) is 17.4 Å². The summed E-state index contributed by atoms with van der Waals surface area (Å²) in [7, 11) is 0. The van der Waals surface area contributed by atoms with E-state index in [1.807, 2.05) is 36.4 Å². The third-order valence-corrected chi connectivity index (χ3v) is 4.24. The summed E-state index contributed by atoms with van der Waals surface area (Å²) in [5.41, 5.74) is 0. The second-order valence-electron chi connectivity index (χ2n) is 6.03. The number of pyridine rings is 1. The highest BCUT2D eigenvalue weighted by atomic mass is 16.5. The molecule has 0 aliphatic carbocycles. The lowest BCUT2D eigenvalue weighted by atomic mass is 10.2. The number of nitrogens with zero attached hydrogens (tertiary/aromatic N) is 2. The highest BCUT2D eigenvalue weighted by Crippen LogP contribution is 2.23. The van der Waals surface area contributed by atoms with Crippen molar-refractivity contribution < 1.29 is 19.4 Å². The van der Waals surface area contributed by atoms with Crippen molar-refractivity contribution in [3.63, 3.8) is 0 Å². The van der Waals surface area contributed by atoms with Crippen LogP contribution >= 0.6 is 0 Å². The van der Waals surface area contributed by atoms with Crippen molar-refractivity contribution in [1.29, 1.82) is 0 Å². The van der Waals surface area contributed by atoms with Gasteiger partial charge < -0.3 is 14.6 Å². The minimum absolute atomic E-state index is 0.177. The Labute approximate surface area is 147 Å². The van der Waals surface area contributed by atoms with Gasteiger partial charge in [-0.1, -0.05) is 6.07 Å². The van der Waals surface area contributed by atoms with E-state index in [2.05, 4.69) is 9.88 Å². The van der Waals surface area contributed by atoms with Gasteiger partial charge in [0.2, 0.25) is 5.88 Å². The molecule has 6 nitrogen and oxygen atoms in total. The summed E-state index contributed by atoms with van der Waals surface area (Å²) >= 11 is 0. The number of carboxylic acids is 1. The van der Waals surface area contributed by atoms with Crippen LogP contribution in [0.2, 0.25) is 0 Å². The van der Waals surface area contributed by atoms with E-state index >= 15 is 0 Å². The molecule has 1 aromatic carbocycles. The van der Waals surface area contributed by atoms with Crippen molar-refractivity contribution in [2.75, 3.05) is 19.7 Å². The Hall–Kier alpha value is -2.60. The minimum atomic E-state index is -0.755. The average molecular weight is 342 g/mol. The largest absolute Gasteiger partial charge is 0.492 e. The first kappa shape index (κ1) is 17.2. The van der Waals surface area contributed by atoms with Gasteiger partial charge in [-0.3, -0.25) is 9.69 Å². The van der Waals surface area contributed by atoms with Gasteiger partial charge >= 0.3 is 5.97 Å². The Morgan fingerprint density at radius 2 is 2.00 bits per heavy atom. The van der Waals surface area contributed by atoms with Crippen LogP contribution in [-0.2, 0) is 4.79 Å². The molecule has 1 fully saturated rings. The Bertz CT molecular complexity index is 676. The molecule has 3 rings (SSSR count). The van der Waals surface area contributed by atoms with Crippen molar-refractivity contribution in [2.45, 2.75) is 25.3 Å². The number of benzene rings is 1. The molecule has 1 aliphatic rings. The van der Waals surface area contributed by atoms with Crippen LogP contribution in [0.25, 0.3) is 0 Å². The van der Waals surface area contributed by atoms with Gasteiger partial charge in [0.05, 0.1) is 6.42 Å². The van der Waals surface area contributed by atoms with Gasteiger partial charge in [-0.25, -0.2) is 4.98 Å². The zero-order valence-corrected chi connectivity index (χ0v) is 14.0. The van der Waals surface area contributed by atoms with Gasteiger partial charge in [-0.2, -0.15) is 0 Å². The lowest BCUT2D eigenvalue weighted by Crippen LogP contribution is -2.35. The summed E-state index contributed by atoms with van der Waals surface area (Å²) in [6.07, 6.45) is 3.99. The smallest absolute Gasteiger partial charge is 0.304 e. The molecule has 0 unspecified atom stereocenters. The molecule has 132 valence electrons. The minimum Gasteiger partial charge on any atom is -0.492 e. The summed E-state index contributed by atoms with van der Waals surface area (Å²) in [5, 5.41) is 8.83. The topological polar surface area (TPSA) is 71.9 Å². The second-order valence-corrected chi connectivity index (χ2v) is 6.03. The van der Waals surface area contributed by atoms with E-state index in [0.29, 0.717) is 24.8 Å². The van der Waals surface area contributed by atoms with Crippen molar-refractivity contribution in [2.24, 2.45) is 0 Å². The molecule has 1 aromatic heterocycles. The molecule has 0 spiro atoms. The van der Waals surface area contributed by atoms with E-state index < -0.39 is 5.97 Å². The van der Waals surface area contributed by atoms with Gasteiger partial charge in [0.15, 0.2) is 0 Å². The fraction of sp³-hybridized carbons (Fsp3) is 0.368. The normalized spacial score (nSPS) is 17.4. The maximum absolute atomic E-state index is 10.7. The van der Waals surface area contributed by atoms with Crippen molar-refractivity contribution in [3.05, 3.63) is 48.7 Å². The predicted octanol–water partition coefficient (Wildman–Crippen LogP) is 3.19. The summed E-state index contributed by atoms with van der Waals surface area (Å²) < 4.78 is 11.5. The summed E-state index contributed by atoms with van der Waals surface area (Å²) in [4.78, 5) is 17.1. The van der Waals surface area contributed by atoms with E-state index in [4.69, 9.17) is 14.6 Å². The zero-order chi connectivity index (χ0) is 17.5. The van der Waals surface area contributed by atoms with Crippen LogP contribution in [-0.4, -0.2) is 46.7 Å². The van der Waals surface area contributed by atoms with Crippen molar-refractivity contribution >= 4 is 5.97 Å². The van der Waals surface area contributed by atoms with Crippen molar-refractivity contribution in [1.82, 2.24) is 9.88 Å². The van der Waals surface area contributed by atoms with Gasteiger partial charge in [0.1, 0.15) is 18.1 Å². The number of aliphatic carboxylic acids is 1. The second kappa shape index (κ2) is 8.48. The van der Waals surface area contributed by atoms with E-state index in [0.717, 1.165) is 25.1 Å². The number of carbonyl (C=O) groups is 1. The first-order valence-electron chi connectivity index (χ1n) is 8.48. The Morgan fingerprint density at radius 1 is 1.20 bits per heavy atom. The van der Waals surface area contributed by atoms with Gasteiger partial charge in [-0.15, -0.1) is 0 Å². The first-order valence-corrected chi connectivity index (χ1v) is 8.48. The number of rotatable bonds is 8. The molecule has 0 saturated carbocycles. The van der Waals surface area contributed by atoms with Gasteiger partial charge in [0, 0.05) is 24.8 Å². The van der Waals surface area contributed by atoms with Crippen LogP contribution in [0.3, 0.4) is 0 Å². The molecule has 1 N–H and O–H groups in total. The van der Waals surface area contributed by atoms with Crippen LogP contribution in [0.15, 0.2) is 48.7 Å². The maximum Gasteiger partial charge on any atom is 0.304 e. The number of carboxylic acid groups (broad SMARTS) is 1. The molecular weight excluding hydrogens is 320 g/mol. The third-order valence-electron chi connectivity index (χ3n) is 4.24. The molecule has 25 heavy (non-hydrogen) atoms. The monoisotopic (exact) mass is 342 g/mol. The molecular formula is C19H22N2O4. The zero-order valence-electron chi connectivity index (χ0n) is 14.0. The quantitative estimate of drug-likeness (QED) is 0.794. The lowest BCUT2D eigenvalue weighted by Gasteiger charge is -2.23. The summed E-state index contributed by atoms with van der Waals surface area (Å²) in [5.74, 6) is 1.28. The maximum atomic E-state index is 10.7. The van der Waals surface area contributed by atoms with E-state index in [1.54, 1.807) is 12.3 Å². The first-order chi connectivity index (χ1) is 12.2. The molecule has 2 heterocycles. The average Bonchev–Trinajstić information content (AvgIpc) is 3.08. The number of aromatic nitrogens is 1. The highest BCUT2D eigenvalue weighted by molar-refractivity contribution is 5.66.